The molecule has 3 nitrogen and oxygen atoms in total. The van der Waals surface area contributed by atoms with Gasteiger partial charge >= 0.3 is 142 Å². The van der Waals surface area contributed by atoms with E-state index in [-0.39, 0.29) is 5.57 Å². The molecular formula is C19H17AsN2O. The van der Waals surface area contributed by atoms with Crippen LogP contribution in [0.3, 0.4) is 0 Å². The minimum atomic E-state index is -0.832. The van der Waals surface area contributed by atoms with Crippen molar-refractivity contribution in [2.75, 3.05) is 0 Å². The molecule has 0 saturated heterocycles. The van der Waals surface area contributed by atoms with Crippen LogP contribution in [-0.2, 0) is 4.74 Å². The number of hydrogen-bond donors (Lipinski definition) is 0. The predicted octanol–water partition coefficient (Wildman–Crippen LogP) is 3.82. The van der Waals surface area contributed by atoms with E-state index in [1.165, 1.54) is 4.35 Å². The Morgan fingerprint density at radius 3 is 2.26 bits per heavy atom. The number of nitriles is 2. The van der Waals surface area contributed by atoms with Gasteiger partial charge in [0.05, 0.1) is 0 Å². The van der Waals surface area contributed by atoms with Gasteiger partial charge in [-0.3, -0.25) is 0 Å². The Morgan fingerprint density at radius 2 is 1.70 bits per heavy atom. The summed E-state index contributed by atoms with van der Waals surface area (Å²) in [6, 6.07) is 12.4. The van der Waals surface area contributed by atoms with Gasteiger partial charge in [0.2, 0.25) is 0 Å². The van der Waals surface area contributed by atoms with Gasteiger partial charge in [-0.1, -0.05) is 0 Å². The fourth-order valence-electron chi connectivity index (χ4n) is 2.10. The maximum absolute atomic E-state index is 8.99. The van der Waals surface area contributed by atoms with Crippen molar-refractivity contribution in [3.8, 4) is 12.1 Å². The summed E-state index contributed by atoms with van der Waals surface area (Å²) in [4.78, 5) is 0. The molecule has 0 fully saturated rings. The molecule has 0 spiro atoms. The van der Waals surface area contributed by atoms with Crippen molar-refractivity contribution >= 4 is 25.1 Å². The average molecular weight is 364 g/mol. The first kappa shape index (κ1) is 16.9. The second kappa shape index (κ2) is 7.68. The molecule has 0 amide bonds. The molecule has 1 aliphatic heterocycles. The van der Waals surface area contributed by atoms with Crippen molar-refractivity contribution in [2.45, 2.75) is 18.3 Å². The Morgan fingerprint density at radius 1 is 1.04 bits per heavy atom. The molecule has 0 bridgehead atoms. The van der Waals surface area contributed by atoms with Gasteiger partial charge < -0.3 is 0 Å². The zero-order chi connectivity index (χ0) is 16.8. The van der Waals surface area contributed by atoms with E-state index in [0.29, 0.717) is 17.1 Å². The number of nitrogens with zero attached hydrogens (tertiary/aromatic N) is 2. The van der Waals surface area contributed by atoms with Crippen LogP contribution in [0, 0.1) is 22.7 Å². The van der Waals surface area contributed by atoms with Gasteiger partial charge in [-0.05, 0) is 0 Å². The zero-order valence-electron chi connectivity index (χ0n) is 13.4. The third kappa shape index (κ3) is 4.49. The molecule has 0 N–H and O–H groups in total. The SMILES string of the molecule is CC1=CC(=C(C#N)C#N)C=C(C=Cc2ccc([As](C)C)cc2)O1. The van der Waals surface area contributed by atoms with Crippen molar-refractivity contribution in [1.82, 2.24) is 0 Å². The van der Waals surface area contributed by atoms with Gasteiger partial charge in [0.25, 0.3) is 0 Å². The van der Waals surface area contributed by atoms with Gasteiger partial charge in [0.15, 0.2) is 0 Å². The van der Waals surface area contributed by atoms with Crippen LogP contribution in [0.15, 0.2) is 65.2 Å². The first-order chi connectivity index (χ1) is 11.0. The topological polar surface area (TPSA) is 56.8 Å². The van der Waals surface area contributed by atoms with Crippen LogP contribution in [0.4, 0.5) is 0 Å². The molecule has 1 aromatic rings. The van der Waals surface area contributed by atoms with E-state index in [2.05, 4.69) is 35.7 Å². The normalized spacial score (nSPS) is 13.9. The van der Waals surface area contributed by atoms with E-state index in [1.807, 2.05) is 24.3 Å². The quantitative estimate of drug-likeness (QED) is 0.605. The minimum absolute atomic E-state index is 0.0880. The first-order valence-corrected chi connectivity index (χ1v) is 11.8. The molecule has 0 unspecified atom stereocenters. The molecule has 0 radical (unpaired) electrons. The molecule has 114 valence electrons. The number of hydrogen-bond acceptors (Lipinski definition) is 3. The summed E-state index contributed by atoms with van der Waals surface area (Å²) >= 11 is -0.832. The summed E-state index contributed by atoms with van der Waals surface area (Å²) in [5, 5.41) is 18.0. The van der Waals surface area contributed by atoms with Crippen molar-refractivity contribution in [3.63, 3.8) is 0 Å². The Balaban J connectivity index is 2.24. The molecule has 1 aliphatic rings. The van der Waals surface area contributed by atoms with Crippen LogP contribution in [0.1, 0.15) is 12.5 Å². The third-order valence-corrected chi connectivity index (χ3v) is 6.09. The van der Waals surface area contributed by atoms with Crippen molar-refractivity contribution in [2.24, 2.45) is 0 Å². The maximum atomic E-state index is 8.99. The summed E-state index contributed by atoms with van der Waals surface area (Å²) in [6.45, 7) is 1.80. The molecule has 0 saturated carbocycles. The van der Waals surface area contributed by atoms with Crippen molar-refractivity contribution in [3.05, 3.63) is 70.7 Å². The van der Waals surface area contributed by atoms with Crippen molar-refractivity contribution < 1.29 is 4.74 Å². The molecule has 1 aromatic carbocycles. The van der Waals surface area contributed by atoms with Gasteiger partial charge in [0, 0.05) is 0 Å². The molecule has 2 rings (SSSR count). The van der Waals surface area contributed by atoms with E-state index in [1.54, 1.807) is 19.1 Å². The molecule has 1 heterocycles. The molecular weight excluding hydrogens is 347 g/mol. The fraction of sp³-hybridized carbons (Fsp3) is 0.158. The Labute approximate surface area is 141 Å². The van der Waals surface area contributed by atoms with Gasteiger partial charge in [0.1, 0.15) is 0 Å². The van der Waals surface area contributed by atoms with Crippen LogP contribution < -0.4 is 4.35 Å². The number of ether oxygens (including phenoxy) is 1. The standard InChI is InChI=1S/C19H17AsN2O/c1-14-10-16(17(12-21)13-22)11-19(23-14)9-6-15-4-7-18(8-5-15)20(2)3/h4-11H,1-3H3. The average Bonchev–Trinajstić information content (AvgIpc) is 2.54. The molecule has 23 heavy (non-hydrogen) atoms. The van der Waals surface area contributed by atoms with Crippen LogP contribution in [0.5, 0.6) is 0 Å². The summed E-state index contributed by atoms with van der Waals surface area (Å²) in [5.74, 6) is 1.28. The first-order valence-electron chi connectivity index (χ1n) is 7.11. The number of allylic oxidation sites excluding steroid dienone is 6. The summed E-state index contributed by atoms with van der Waals surface area (Å²) in [5.41, 5.74) is 6.38. The fourth-order valence-corrected chi connectivity index (χ4v) is 3.67. The summed E-state index contributed by atoms with van der Waals surface area (Å²) < 4.78 is 7.07. The number of rotatable bonds is 3. The van der Waals surface area contributed by atoms with E-state index >= 15 is 0 Å². The van der Waals surface area contributed by atoms with Crippen LogP contribution in [0.2, 0.25) is 11.4 Å². The molecule has 0 aliphatic carbocycles. The third-order valence-electron chi connectivity index (χ3n) is 3.30. The second-order valence-corrected chi connectivity index (χ2v) is 10.1. The van der Waals surface area contributed by atoms with Crippen LogP contribution in [-0.4, -0.2) is 14.7 Å². The van der Waals surface area contributed by atoms with E-state index in [9.17, 15) is 0 Å². The van der Waals surface area contributed by atoms with Gasteiger partial charge in [-0.25, -0.2) is 0 Å². The zero-order valence-corrected chi connectivity index (χ0v) is 15.2. The Bertz CT molecular complexity index is 781. The molecule has 0 aromatic heterocycles. The van der Waals surface area contributed by atoms with E-state index in [0.717, 1.165) is 5.56 Å². The van der Waals surface area contributed by atoms with Crippen LogP contribution in [0.25, 0.3) is 6.08 Å². The van der Waals surface area contributed by atoms with Crippen molar-refractivity contribution in [1.29, 1.82) is 10.5 Å². The number of benzene rings is 1. The monoisotopic (exact) mass is 364 g/mol. The Hall–Kier alpha value is -2.48. The summed E-state index contributed by atoms with van der Waals surface area (Å²) in [7, 11) is 0. The van der Waals surface area contributed by atoms with Gasteiger partial charge in [-0.15, -0.1) is 0 Å². The summed E-state index contributed by atoms with van der Waals surface area (Å²) in [6.07, 6.45) is 7.22. The Kier molecular flexibility index (Phi) is 5.64. The van der Waals surface area contributed by atoms with E-state index < -0.39 is 14.7 Å². The molecule has 4 heteroatoms. The second-order valence-electron chi connectivity index (χ2n) is 5.28. The molecule has 0 atom stereocenters. The van der Waals surface area contributed by atoms with Crippen LogP contribution >= 0.6 is 0 Å². The predicted molar refractivity (Wildman–Crippen MR) is 93.8 cm³/mol. The van der Waals surface area contributed by atoms with Gasteiger partial charge in [-0.2, -0.15) is 0 Å². The van der Waals surface area contributed by atoms with E-state index in [4.69, 9.17) is 15.3 Å².